The van der Waals surface area contributed by atoms with Gasteiger partial charge < -0.3 is 10.0 Å². The average Bonchev–Trinajstić information content (AvgIpc) is 2.58. The second-order valence-electron chi connectivity index (χ2n) is 5.36. The zero-order valence-corrected chi connectivity index (χ0v) is 12.6. The van der Waals surface area contributed by atoms with Gasteiger partial charge >= 0.3 is 0 Å². The molecule has 1 aliphatic heterocycles. The molecule has 2 atom stereocenters. The molecule has 0 amide bonds. The van der Waals surface area contributed by atoms with Gasteiger partial charge in [0.2, 0.25) is 0 Å². The number of aliphatic hydroxyl groups is 1. The summed E-state index contributed by atoms with van der Waals surface area (Å²) in [6.45, 7) is 2.70. The summed E-state index contributed by atoms with van der Waals surface area (Å²) < 4.78 is 1.11. The number of β-amino-alcohol motifs (C(OH)–C–C–N with tert-alkyl or cyclic N) is 1. The molecule has 2 rings (SSSR count). The van der Waals surface area contributed by atoms with Crippen LogP contribution in [0.4, 0.5) is 0 Å². The third-order valence-corrected chi connectivity index (χ3v) is 3.85. The summed E-state index contributed by atoms with van der Waals surface area (Å²) >= 11 is 3.50. The standard InChI is InChI=1S/C14H21BrN2O/c1-16(2)9-13-7-14(18)10-17(13)8-11-4-3-5-12(15)6-11/h3-6,13-14,18H,7-10H2,1-2H3. The Labute approximate surface area is 118 Å². The molecule has 0 aliphatic carbocycles. The number of rotatable bonds is 4. The maximum absolute atomic E-state index is 9.85. The molecule has 4 heteroatoms. The smallest absolute Gasteiger partial charge is 0.0682 e. The normalized spacial score (nSPS) is 24.9. The van der Waals surface area contributed by atoms with E-state index in [4.69, 9.17) is 0 Å². The third kappa shape index (κ3) is 3.79. The van der Waals surface area contributed by atoms with Crippen LogP contribution in [0.25, 0.3) is 0 Å². The van der Waals surface area contributed by atoms with E-state index in [2.05, 4.69) is 58.0 Å². The van der Waals surface area contributed by atoms with Crippen LogP contribution in [0.15, 0.2) is 28.7 Å². The number of aliphatic hydroxyl groups excluding tert-OH is 1. The minimum atomic E-state index is -0.179. The Morgan fingerprint density at radius 2 is 2.22 bits per heavy atom. The predicted octanol–water partition coefficient (Wildman–Crippen LogP) is 1.95. The molecule has 0 spiro atoms. The molecule has 2 unspecified atom stereocenters. The Bertz CT molecular complexity index is 397. The van der Waals surface area contributed by atoms with Crippen molar-refractivity contribution in [1.29, 1.82) is 0 Å². The molecule has 1 aromatic carbocycles. The van der Waals surface area contributed by atoms with Crippen molar-refractivity contribution in [2.45, 2.75) is 25.1 Å². The average molecular weight is 313 g/mol. The number of benzene rings is 1. The topological polar surface area (TPSA) is 26.7 Å². The van der Waals surface area contributed by atoms with Gasteiger partial charge in [-0.1, -0.05) is 28.1 Å². The molecule has 0 bridgehead atoms. The molecule has 0 saturated carbocycles. The molecule has 3 nitrogen and oxygen atoms in total. The van der Waals surface area contributed by atoms with E-state index >= 15 is 0 Å². The quantitative estimate of drug-likeness (QED) is 0.920. The van der Waals surface area contributed by atoms with E-state index in [1.54, 1.807) is 0 Å². The van der Waals surface area contributed by atoms with E-state index in [1.165, 1.54) is 5.56 Å². The number of nitrogens with zero attached hydrogens (tertiary/aromatic N) is 2. The van der Waals surface area contributed by atoms with Gasteiger partial charge in [-0.05, 0) is 38.2 Å². The fourth-order valence-electron chi connectivity index (χ4n) is 2.63. The Hall–Kier alpha value is -0.420. The van der Waals surface area contributed by atoms with E-state index < -0.39 is 0 Å². The Balaban J connectivity index is 2.02. The summed E-state index contributed by atoms with van der Waals surface area (Å²) in [6, 6.07) is 8.85. The van der Waals surface area contributed by atoms with Crippen LogP contribution in [0.5, 0.6) is 0 Å². The second kappa shape index (κ2) is 6.15. The first-order chi connectivity index (χ1) is 8.54. The molecule has 1 aromatic rings. The summed E-state index contributed by atoms with van der Waals surface area (Å²) in [5.41, 5.74) is 1.29. The Morgan fingerprint density at radius 1 is 1.44 bits per heavy atom. The van der Waals surface area contributed by atoms with Crippen molar-refractivity contribution in [2.75, 3.05) is 27.2 Å². The molecule has 0 aromatic heterocycles. The summed E-state index contributed by atoms with van der Waals surface area (Å²) in [6.07, 6.45) is 0.703. The number of halogens is 1. The van der Waals surface area contributed by atoms with Gasteiger partial charge in [-0.15, -0.1) is 0 Å². The summed E-state index contributed by atoms with van der Waals surface area (Å²) in [5, 5.41) is 9.85. The van der Waals surface area contributed by atoms with Crippen LogP contribution in [-0.2, 0) is 6.54 Å². The van der Waals surface area contributed by atoms with Crippen molar-refractivity contribution in [3.8, 4) is 0 Å². The molecule has 1 saturated heterocycles. The van der Waals surface area contributed by atoms with Crippen LogP contribution < -0.4 is 0 Å². The highest BCUT2D eigenvalue weighted by atomic mass is 79.9. The lowest BCUT2D eigenvalue weighted by Crippen LogP contribution is -2.37. The number of hydrogen-bond donors (Lipinski definition) is 1. The molecular formula is C14H21BrN2O. The lowest BCUT2D eigenvalue weighted by molar-refractivity contribution is 0.169. The van der Waals surface area contributed by atoms with Crippen molar-refractivity contribution < 1.29 is 5.11 Å². The van der Waals surface area contributed by atoms with Crippen LogP contribution >= 0.6 is 15.9 Å². The first kappa shape index (κ1) is 14.0. The summed E-state index contributed by atoms with van der Waals surface area (Å²) in [4.78, 5) is 4.57. The number of likely N-dealkylation sites (tertiary alicyclic amines) is 1. The molecule has 1 heterocycles. The fraction of sp³-hybridized carbons (Fsp3) is 0.571. The molecule has 1 aliphatic rings. The summed E-state index contributed by atoms with van der Waals surface area (Å²) in [5.74, 6) is 0. The van der Waals surface area contributed by atoms with Crippen molar-refractivity contribution in [1.82, 2.24) is 9.80 Å². The predicted molar refractivity (Wildman–Crippen MR) is 77.5 cm³/mol. The van der Waals surface area contributed by atoms with Crippen LogP contribution in [-0.4, -0.2) is 54.2 Å². The van der Waals surface area contributed by atoms with Gasteiger partial charge in [0.25, 0.3) is 0 Å². The highest BCUT2D eigenvalue weighted by molar-refractivity contribution is 9.10. The zero-order chi connectivity index (χ0) is 13.1. The second-order valence-corrected chi connectivity index (χ2v) is 6.28. The lowest BCUT2D eigenvalue weighted by Gasteiger charge is -2.26. The van der Waals surface area contributed by atoms with E-state index in [1.807, 2.05) is 6.07 Å². The van der Waals surface area contributed by atoms with Gasteiger partial charge in [0.15, 0.2) is 0 Å². The summed E-state index contributed by atoms with van der Waals surface area (Å²) in [7, 11) is 4.17. The van der Waals surface area contributed by atoms with Gasteiger partial charge in [-0.25, -0.2) is 0 Å². The third-order valence-electron chi connectivity index (χ3n) is 3.36. The fourth-order valence-corrected chi connectivity index (χ4v) is 3.08. The van der Waals surface area contributed by atoms with E-state index in [-0.39, 0.29) is 6.10 Å². The maximum atomic E-state index is 9.85. The molecule has 1 N–H and O–H groups in total. The van der Waals surface area contributed by atoms with Crippen molar-refractivity contribution in [3.63, 3.8) is 0 Å². The van der Waals surface area contributed by atoms with Gasteiger partial charge in [0.1, 0.15) is 0 Å². The van der Waals surface area contributed by atoms with Gasteiger partial charge in [-0.3, -0.25) is 4.90 Å². The number of likely N-dealkylation sites (N-methyl/N-ethyl adjacent to an activating group) is 1. The number of hydrogen-bond acceptors (Lipinski definition) is 3. The molecule has 0 radical (unpaired) electrons. The van der Waals surface area contributed by atoms with Crippen molar-refractivity contribution in [2.24, 2.45) is 0 Å². The van der Waals surface area contributed by atoms with Crippen molar-refractivity contribution in [3.05, 3.63) is 34.3 Å². The maximum Gasteiger partial charge on any atom is 0.0682 e. The van der Waals surface area contributed by atoms with Gasteiger partial charge in [0.05, 0.1) is 6.10 Å². The monoisotopic (exact) mass is 312 g/mol. The van der Waals surface area contributed by atoms with E-state index in [9.17, 15) is 5.11 Å². The van der Waals surface area contributed by atoms with E-state index in [0.717, 1.165) is 30.5 Å². The first-order valence-corrected chi connectivity index (χ1v) is 7.15. The largest absolute Gasteiger partial charge is 0.392 e. The minimum Gasteiger partial charge on any atom is -0.392 e. The van der Waals surface area contributed by atoms with Crippen LogP contribution in [0, 0.1) is 0 Å². The molecular weight excluding hydrogens is 292 g/mol. The molecule has 100 valence electrons. The SMILES string of the molecule is CN(C)CC1CC(O)CN1Cc1cccc(Br)c1. The van der Waals surface area contributed by atoms with Crippen LogP contribution in [0.1, 0.15) is 12.0 Å². The molecule has 1 fully saturated rings. The first-order valence-electron chi connectivity index (χ1n) is 6.36. The highest BCUT2D eigenvalue weighted by Gasteiger charge is 2.30. The Morgan fingerprint density at radius 3 is 2.89 bits per heavy atom. The molecule has 18 heavy (non-hydrogen) atoms. The van der Waals surface area contributed by atoms with Gasteiger partial charge in [-0.2, -0.15) is 0 Å². The van der Waals surface area contributed by atoms with Crippen LogP contribution in [0.2, 0.25) is 0 Å². The Kier molecular flexibility index (Phi) is 4.78. The van der Waals surface area contributed by atoms with Gasteiger partial charge in [0, 0.05) is 30.1 Å². The lowest BCUT2D eigenvalue weighted by atomic mass is 10.1. The minimum absolute atomic E-state index is 0.179. The highest BCUT2D eigenvalue weighted by Crippen LogP contribution is 2.22. The van der Waals surface area contributed by atoms with E-state index in [0.29, 0.717) is 6.04 Å². The van der Waals surface area contributed by atoms with Crippen LogP contribution in [0.3, 0.4) is 0 Å². The van der Waals surface area contributed by atoms with Crippen molar-refractivity contribution >= 4 is 15.9 Å². The zero-order valence-electron chi connectivity index (χ0n) is 11.0.